The number of fused-ring (bicyclic) bond motifs is 1. The zero-order chi connectivity index (χ0) is 28.6. The van der Waals surface area contributed by atoms with Gasteiger partial charge in [0.05, 0.1) is 32.9 Å². The fourth-order valence-corrected chi connectivity index (χ4v) is 6.32. The monoisotopic (exact) mass is 580 g/mol. The van der Waals surface area contributed by atoms with E-state index in [9.17, 15) is 19.7 Å². The minimum absolute atomic E-state index is 0.0111. The summed E-state index contributed by atoms with van der Waals surface area (Å²) in [7, 11) is 0. The topological polar surface area (TPSA) is 107 Å². The van der Waals surface area contributed by atoms with Crippen molar-refractivity contribution in [3.8, 4) is 0 Å². The van der Waals surface area contributed by atoms with Crippen LogP contribution in [-0.2, 0) is 9.53 Å². The maximum absolute atomic E-state index is 13.8. The molecule has 2 aliphatic rings. The first kappa shape index (κ1) is 27.8. The fourth-order valence-electron chi connectivity index (χ4n) is 5.15. The molecular formula is C29H29ClN4O5S. The largest absolute Gasteiger partial charge is 0.459 e. The first-order valence-electron chi connectivity index (χ1n) is 13.2. The maximum Gasteiger partial charge on any atom is 0.338 e. The van der Waals surface area contributed by atoms with E-state index in [1.807, 2.05) is 4.90 Å². The molecule has 5 rings (SSSR count). The molecule has 11 heteroatoms. The highest BCUT2D eigenvalue weighted by atomic mass is 35.5. The Kier molecular flexibility index (Phi) is 7.91. The van der Waals surface area contributed by atoms with Crippen LogP contribution in [0.5, 0.6) is 0 Å². The number of hydrogen-bond donors (Lipinski definition) is 0. The zero-order valence-corrected chi connectivity index (χ0v) is 24.0. The van der Waals surface area contributed by atoms with Gasteiger partial charge in [-0.05, 0) is 75.4 Å². The molecule has 9 nitrogen and oxygen atoms in total. The quantitative estimate of drug-likeness (QED) is 0.237. The Labute approximate surface area is 239 Å². The lowest BCUT2D eigenvalue weighted by Gasteiger charge is -2.28. The van der Waals surface area contributed by atoms with Crippen molar-refractivity contribution >= 4 is 46.4 Å². The number of rotatable bonds is 6. The molecule has 40 heavy (non-hydrogen) atoms. The number of hydrogen-bond acceptors (Lipinski definition) is 8. The minimum Gasteiger partial charge on any atom is -0.459 e. The number of thiazole rings is 1. The van der Waals surface area contributed by atoms with Gasteiger partial charge in [-0.2, -0.15) is 0 Å². The lowest BCUT2D eigenvalue weighted by molar-refractivity contribution is -0.384. The van der Waals surface area contributed by atoms with Crippen molar-refractivity contribution in [1.29, 1.82) is 0 Å². The van der Waals surface area contributed by atoms with Crippen LogP contribution in [0.2, 0.25) is 5.02 Å². The summed E-state index contributed by atoms with van der Waals surface area (Å²) in [6.07, 6.45) is 4.41. The van der Waals surface area contributed by atoms with Crippen LogP contribution in [0.15, 0.2) is 63.5 Å². The van der Waals surface area contributed by atoms with Crippen LogP contribution in [0.25, 0.3) is 6.08 Å². The maximum atomic E-state index is 13.8. The van der Waals surface area contributed by atoms with Crippen LogP contribution in [0.1, 0.15) is 57.2 Å². The van der Waals surface area contributed by atoms with Crippen LogP contribution < -0.4 is 19.8 Å². The van der Waals surface area contributed by atoms with Crippen molar-refractivity contribution in [1.82, 2.24) is 4.57 Å². The lowest BCUT2D eigenvalue weighted by Crippen LogP contribution is -2.40. The van der Waals surface area contributed by atoms with E-state index >= 15 is 0 Å². The van der Waals surface area contributed by atoms with Gasteiger partial charge in [0.15, 0.2) is 4.80 Å². The van der Waals surface area contributed by atoms with E-state index in [-0.39, 0.29) is 27.8 Å². The van der Waals surface area contributed by atoms with Gasteiger partial charge in [-0.3, -0.25) is 19.5 Å². The van der Waals surface area contributed by atoms with Crippen molar-refractivity contribution in [3.05, 3.63) is 99.7 Å². The van der Waals surface area contributed by atoms with E-state index in [1.165, 1.54) is 22.0 Å². The van der Waals surface area contributed by atoms with E-state index in [4.69, 9.17) is 16.3 Å². The number of nitro groups is 1. The van der Waals surface area contributed by atoms with Gasteiger partial charge >= 0.3 is 5.97 Å². The summed E-state index contributed by atoms with van der Waals surface area (Å²) in [5, 5.41) is 12.5. The smallest absolute Gasteiger partial charge is 0.338 e. The molecule has 1 saturated heterocycles. The van der Waals surface area contributed by atoms with Gasteiger partial charge in [0.25, 0.3) is 11.2 Å². The Balaban J connectivity index is 1.63. The molecular weight excluding hydrogens is 552 g/mol. The molecule has 0 saturated carbocycles. The normalized spacial score (nSPS) is 17.6. The summed E-state index contributed by atoms with van der Waals surface area (Å²) >= 11 is 7.30. The molecule has 0 bridgehead atoms. The zero-order valence-electron chi connectivity index (χ0n) is 22.4. The molecule has 0 radical (unpaired) electrons. The third-order valence-corrected chi connectivity index (χ3v) is 8.20. The summed E-state index contributed by atoms with van der Waals surface area (Å²) in [4.78, 5) is 45.7. The molecule has 0 amide bonds. The molecule has 208 valence electrons. The Bertz CT molecular complexity index is 1680. The molecule has 2 aromatic carbocycles. The Morgan fingerprint density at radius 3 is 2.52 bits per heavy atom. The first-order valence-corrected chi connectivity index (χ1v) is 14.4. The number of piperidine rings is 1. The van der Waals surface area contributed by atoms with Crippen LogP contribution in [-0.4, -0.2) is 34.7 Å². The molecule has 3 heterocycles. The van der Waals surface area contributed by atoms with Crippen molar-refractivity contribution < 1.29 is 14.5 Å². The van der Waals surface area contributed by atoms with Gasteiger partial charge in [0.1, 0.15) is 5.69 Å². The molecule has 2 aliphatic heterocycles. The average molecular weight is 581 g/mol. The van der Waals surface area contributed by atoms with Crippen molar-refractivity contribution in [2.45, 2.75) is 52.2 Å². The van der Waals surface area contributed by atoms with Crippen LogP contribution in [0.3, 0.4) is 0 Å². The molecule has 0 aliphatic carbocycles. The van der Waals surface area contributed by atoms with Crippen molar-refractivity contribution in [2.75, 3.05) is 18.0 Å². The van der Waals surface area contributed by atoms with E-state index in [0.29, 0.717) is 36.9 Å². The molecule has 1 aromatic heterocycles. The Hall–Kier alpha value is -3.76. The number of ether oxygens (including phenoxy) is 1. The number of carbonyl (C=O) groups is 1. The minimum atomic E-state index is -0.766. The number of esters is 1. The van der Waals surface area contributed by atoms with E-state index < -0.39 is 12.0 Å². The number of carbonyl (C=O) groups excluding carboxylic acids is 1. The second-order valence-electron chi connectivity index (χ2n) is 10.1. The summed E-state index contributed by atoms with van der Waals surface area (Å²) in [6, 6.07) is 11.2. The van der Waals surface area contributed by atoms with Crippen LogP contribution in [0.4, 0.5) is 11.4 Å². The standard InChI is InChI=1S/C29H29ClN4O5S/c1-17(2)39-28(36)25-18(3)31-29-33(26(25)20-8-10-21(30)11-9-20)27(35)24(40-29)16-19-7-12-22(23(15-19)34(37)38)32-13-5-4-6-14-32/h7-12,15-17,26H,4-6,13-14H2,1-3H3. The second-order valence-corrected chi connectivity index (χ2v) is 11.6. The number of benzene rings is 2. The SMILES string of the molecule is CC1=C(C(=O)OC(C)C)C(c2ccc(Cl)cc2)n2c(sc(=Cc3ccc(N4CCCCC4)c([N+](=O)[O-])c3)c2=O)=N1. The number of nitrogens with zero attached hydrogens (tertiary/aromatic N) is 4. The summed E-state index contributed by atoms with van der Waals surface area (Å²) < 4.78 is 7.36. The van der Waals surface area contributed by atoms with E-state index in [2.05, 4.69) is 4.99 Å². The lowest BCUT2D eigenvalue weighted by atomic mass is 9.96. The van der Waals surface area contributed by atoms with Gasteiger partial charge < -0.3 is 9.64 Å². The number of halogens is 1. The molecule has 0 spiro atoms. The summed E-state index contributed by atoms with van der Waals surface area (Å²) in [5.41, 5.74) is 2.21. The van der Waals surface area contributed by atoms with Crippen LogP contribution in [0, 0.1) is 10.1 Å². The van der Waals surface area contributed by atoms with Gasteiger partial charge in [-0.25, -0.2) is 9.79 Å². The molecule has 1 fully saturated rings. The number of aromatic nitrogens is 1. The van der Waals surface area contributed by atoms with Crippen molar-refractivity contribution in [3.63, 3.8) is 0 Å². The first-order chi connectivity index (χ1) is 19.1. The number of anilines is 1. The summed E-state index contributed by atoms with van der Waals surface area (Å²) in [5.74, 6) is -0.547. The molecule has 0 N–H and O–H groups in total. The fraction of sp³-hybridized carbons (Fsp3) is 0.345. The van der Waals surface area contributed by atoms with E-state index in [1.54, 1.807) is 63.2 Å². The van der Waals surface area contributed by atoms with Gasteiger partial charge in [-0.1, -0.05) is 41.1 Å². The molecule has 1 atom stereocenters. The Morgan fingerprint density at radius 2 is 1.88 bits per heavy atom. The highest BCUT2D eigenvalue weighted by molar-refractivity contribution is 7.07. The highest BCUT2D eigenvalue weighted by Gasteiger charge is 2.34. The predicted octanol–water partition coefficient (Wildman–Crippen LogP) is 4.74. The van der Waals surface area contributed by atoms with Crippen molar-refractivity contribution in [2.24, 2.45) is 4.99 Å². The number of allylic oxidation sites excluding steroid dienone is 1. The van der Waals surface area contributed by atoms with Crippen LogP contribution >= 0.6 is 22.9 Å². The predicted molar refractivity (Wildman–Crippen MR) is 156 cm³/mol. The van der Waals surface area contributed by atoms with Gasteiger partial charge in [0.2, 0.25) is 0 Å². The third kappa shape index (κ3) is 5.46. The summed E-state index contributed by atoms with van der Waals surface area (Å²) in [6.45, 7) is 6.81. The van der Waals surface area contributed by atoms with E-state index in [0.717, 1.165) is 32.4 Å². The second kappa shape index (κ2) is 11.4. The van der Waals surface area contributed by atoms with Gasteiger partial charge in [0, 0.05) is 24.2 Å². The number of nitro benzene ring substituents is 1. The Morgan fingerprint density at radius 1 is 1.18 bits per heavy atom. The highest BCUT2D eigenvalue weighted by Crippen LogP contribution is 2.33. The average Bonchev–Trinajstić information content (AvgIpc) is 3.22. The molecule has 3 aromatic rings. The van der Waals surface area contributed by atoms with Gasteiger partial charge in [-0.15, -0.1) is 0 Å². The third-order valence-electron chi connectivity index (χ3n) is 6.96. The molecule has 1 unspecified atom stereocenters.